The quantitative estimate of drug-likeness (QED) is 0.737. The standard InChI is InChI=1S/C9H14FN3O/c1-5-14-8-7(10)6(2)11-9(12-8)13(3)4/h5H2,1-4H3. The maximum Gasteiger partial charge on any atom is 0.255 e. The van der Waals surface area contributed by atoms with Gasteiger partial charge < -0.3 is 9.64 Å². The van der Waals surface area contributed by atoms with E-state index in [-0.39, 0.29) is 5.88 Å². The highest BCUT2D eigenvalue weighted by atomic mass is 19.1. The average molecular weight is 199 g/mol. The Morgan fingerprint density at radius 1 is 1.36 bits per heavy atom. The molecule has 0 radical (unpaired) electrons. The number of nitrogens with zero attached hydrogens (tertiary/aromatic N) is 3. The van der Waals surface area contributed by atoms with Gasteiger partial charge in [0, 0.05) is 14.1 Å². The number of ether oxygens (including phenoxy) is 1. The van der Waals surface area contributed by atoms with Crippen molar-refractivity contribution in [3.63, 3.8) is 0 Å². The third-order valence-corrected chi connectivity index (χ3v) is 1.66. The molecule has 0 aliphatic heterocycles. The molecule has 0 aromatic carbocycles. The van der Waals surface area contributed by atoms with E-state index in [1.165, 1.54) is 0 Å². The predicted molar refractivity (Wildman–Crippen MR) is 52.2 cm³/mol. The molecule has 0 spiro atoms. The van der Waals surface area contributed by atoms with Gasteiger partial charge in [0.2, 0.25) is 11.8 Å². The number of hydrogen-bond donors (Lipinski definition) is 0. The lowest BCUT2D eigenvalue weighted by Gasteiger charge is -2.13. The fraction of sp³-hybridized carbons (Fsp3) is 0.556. The molecule has 0 amide bonds. The van der Waals surface area contributed by atoms with E-state index in [0.717, 1.165) is 0 Å². The minimum Gasteiger partial charge on any atom is -0.476 e. The molecule has 5 heteroatoms. The largest absolute Gasteiger partial charge is 0.476 e. The van der Waals surface area contributed by atoms with Crippen LogP contribution >= 0.6 is 0 Å². The van der Waals surface area contributed by atoms with Gasteiger partial charge in [0.1, 0.15) is 0 Å². The lowest BCUT2D eigenvalue weighted by Crippen LogP contribution is -2.15. The molecule has 1 rings (SSSR count). The Bertz CT molecular complexity index is 328. The highest BCUT2D eigenvalue weighted by Gasteiger charge is 2.12. The zero-order valence-electron chi connectivity index (χ0n) is 8.83. The van der Waals surface area contributed by atoms with Gasteiger partial charge in [-0.25, -0.2) is 4.98 Å². The van der Waals surface area contributed by atoms with Crippen molar-refractivity contribution in [3.8, 4) is 5.88 Å². The zero-order chi connectivity index (χ0) is 10.7. The second-order valence-corrected chi connectivity index (χ2v) is 3.06. The van der Waals surface area contributed by atoms with Crippen molar-refractivity contribution in [2.75, 3.05) is 25.6 Å². The highest BCUT2D eigenvalue weighted by Crippen LogP contribution is 2.19. The molecule has 0 unspecified atom stereocenters. The minimum absolute atomic E-state index is 0.0173. The molecule has 0 saturated carbocycles. The summed E-state index contributed by atoms with van der Waals surface area (Å²) in [5.41, 5.74) is 0.298. The Morgan fingerprint density at radius 3 is 2.50 bits per heavy atom. The number of rotatable bonds is 3. The zero-order valence-corrected chi connectivity index (χ0v) is 8.83. The van der Waals surface area contributed by atoms with Crippen LogP contribution in [-0.2, 0) is 0 Å². The highest BCUT2D eigenvalue weighted by molar-refractivity contribution is 5.33. The normalized spacial score (nSPS) is 10.1. The lowest BCUT2D eigenvalue weighted by molar-refractivity contribution is 0.305. The first-order valence-corrected chi connectivity index (χ1v) is 4.40. The van der Waals surface area contributed by atoms with Crippen LogP contribution in [0.25, 0.3) is 0 Å². The summed E-state index contributed by atoms with van der Waals surface area (Å²) >= 11 is 0. The maximum absolute atomic E-state index is 13.4. The second kappa shape index (κ2) is 4.21. The van der Waals surface area contributed by atoms with E-state index in [9.17, 15) is 4.39 Å². The van der Waals surface area contributed by atoms with Gasteiger partial charge in [0.25, 0.3) is 5.88 Å². The maximum atomic E-state index is 13.4. The Balaban J connectivity index is 3.14. The summed E-state index contributed by atoms with van der Waals surface area (Å²) in [7, 11) is 3.59. The molecule has 0 aliphatic rings. The summed E-state index contributed by atoms with van der Waals surface area (Å²) in [6, 6.07) is 0. The number of hydrogen-bond acceptors (Lipinski definition) is 4. The molecular formula is C9H14FN3O. The summed E-state index contributed by atoms with van der Waals surface area (Å²) in [4.78, 5) is 9.62. The van der Waals surface area contributed by atoms with Crippen molar-refractivity contribution < 1.29 is 9.13 Å². The Hall–Kier alpha value is -1.39. The number of aromatic nitrogens is 2. The summed E-state index contributed by atoms with van der Waals surface area (Å²) < 4.78 is 18.4. The molecule has 4 nitrogen and oxygen atoms in total. The predicted octanol–water partition coefficient (Wildman–Crippen LogP) is 1.39. The first-order valence-electron chi connectivity index (χ1n) is 4.40. The molecule has 14 heavy (non-hydrogen) atoms. The minimum atomic E-state index is -0.488. The summed E-state index contributed by atoms with van der Waals surface area (Å²) in [5.74, 6) is -0.0199. The van der Waals surface area contributed by atoms with E-state index in [4.69, 9.17) is 4.74 Å². The van der Waals surface area contributed by atoms with Crippen molar-refractivity contribution in [1.29, 1.82) is 0 Å². The van der Waals surface area contributed by atoms with Crippen molar-refractivity contribution in [1.82, 2.24) is 9.97 Å². The van der Waals surface area contributed by atoms with Crippen LogP contribution in [0.2, 0.25) is 0 Å². The molecule has 0 N–H and O–H groups in total. The number of halogens is 1. The molecule has 0 saturated heterocycles. The molecule has 0 atom stereocenters. The van der Waals surface area contributed by atoms with Crippen LogP contribution in [0.4, 0.5) is 10.3 Å². The third kappa shape index (κ3) is 2.10. The summed E-state index contributed by atoms with van der Waals surface area (Å²) in [6.45, 7) is 3.76. The Morgan fingerprint density at radius 2 is 2.00 bits per heavy atom. The third-order valence-electron chi connectivity index (χ3n) is 1.66. The average Bonchev–Trinajstić information content (AvgIpc) is 2.12. The van der Waals surface area contributed by atoms with Crippen molar-refractivity contribution >= 4 is 5.95 Å². The molecule has 1 aromatic heterocycles. The molecule has 1 aromatic rings. The first-order chi connectivity index (χ1) is 6.56. The van der Waals surface area contributed by atoms with Crippen LogP contribution in [0.3, 0.4) is 0 Å². The van der Waals surface area contributed by atoms with Gasteiger partial charge in [0.15, 0.2) is 0 Å². The second-order valence-electron chi connectivity index (χ2n) is 3.06. The fourth-order valence-corrected chi connectivity index (χ4v) is 0.951. The first kappa shape index (κ1) is 10.7. The van der Waals surface area contributed by atoms with Crippen LogP contribution < -0.4 is 9.64 Å². The fourth-order valence-electron chi connectivity index (χ4n) is 0.951. The molecule has 0 fully saturated rings. The molecular weight excluding hydrogens is 185 g/mol. The van der Waals surface area contributed by atoms with E-state index < -0.39 is 5.82 Å². The van der Waals surface area contributed by atoms with E-state index in [2.05, 4.69) is 9.97 Å². The van der Waals surface area contributed by atoms with Gasteiger partial charge in [-0.2, -0.15) is 9.37 Å². The summed E-state index contributed by atoms with van der Waals surface area (Å²) in [5, 5.41) is 0. The van der Waals surface area contributed by atoms with Gasteiger partial charge >= 0.3 is 0 Å². The number of anilines is 1. The van der Waals surface area contributed by atoms with Crippen LogP contribution in [0.15, 0.2) is 0 Å². The Labute approximate surface area is 82.7 Å². The van der Waals surface area contributed by atoms with Gasteiger partial charge in [-0.15, -0.1) is 0 Å². The van der Waals surface area contributed by atoms with E-state index in [1.807, 2.05) is 0 Å². The van der Waals surface area contributed by atoms with Crippen molar-refractivity contribution in [2.45, 2.75) is 13.8 Å². The van der Waals surface area contributed by atoms with E-state index >= 15 is 0 Å². The van der Waals surface area contributed by atoms with Crippen molar-refractivity contribution in [3.05, 3.63) is 11.5 Å². The molecule has 0 bridgehead atoms. The van der Waals surface area contributed by atoms with Crippen LogP contribution in [0.1, 0.15) is 12.6 Å². The van der Waals surface area contributed by atoms with Gasteiger partial charge in [-0.05, 0) is 13.8 Å². The summed E-state index contributed by atoms with van der Waals surface area (Å²) in [6.07, 6.45) is 0. The van der Waals surface area contributed by atoms with E-state index in [0.29, 0.717) is 18.2 Å². The van der Waals surface area contributed by atoms with Crippen LogP contribution in [0.5, 0.6) is 5.88 Å². The molecule has 0 aliphatic carbocycles. The SMILES string of the molecule is CCOc1nc(N(C)C)nc(C)c1F. The smallest absolute Gasteiger partial charge is 0.255 e. The van der Waals surface area contributed by atoms with Crippen LogP contribution in [-0.4, -0.2) is 30.7 Å². The van der Waals surface area contributed by atoms with Crippen LogP contribution in [0, 0.1) is 12.7 Å². The van der Waals surface area contributed by atoms with E-state index in [1.54, 1.807) is 32.8 Å². The van der Waals surface area contributed by atoms with Crippen molar-refractivity contribution in [2.24, 2.45) is 0 Å². The molecule has 1 heterocycles. The monoisotopic (exact) mass is 199 g/mol. The van der Waals surface area contributed by atoms with Gasteiger partial charge in [0.05, 0.1) is 12.3 Å². The van der Waals surface area contributed by atoms with Gasteiger partial charge in [-0.1, -0.05) is 0 Å². The lowest BCUT2D eigenvalue weighted by atomic mass is 10.4. The molecule has 78 valence electrons. The Kier molecular flexibility index (Phi) is 3.22. The number of aryl methyl sites for hydroxylation is 1. The van der Waals surface area contributed by atoms with Gasteiger partial charge in [-0.3, -0.25) is 0 Å². The topological polar surface area (TPSA) is 38.2 Å².